The molecule has 122 valence electrons. The third kappa shape index (κ3) is 4.06. The number of anilines is 1. The van der Waals surface area contributed by atoms with Gasteiger partial charge in [-0.1, -0.05) is 30.3 Å². The van der Waals surface area contributed by atoms with Gasteiger partial charge in [0.15, 0.2) is 0 Å². The maximum absolute atomic E-state index is 10.9. The first kappa shape index (κ1) is 15.9. The van der Waals surface area contributed by atoms with Crippen LogP contribution in [0.2, 0.25) is 0 Å². The molecule has 1 aromatic heterocycles. The van der Waals surface area contributed by atoms with Crippen molar-refractivity contribution in [1.29, 1.82) is 0 Å². The number of rotatable bonds is 5. The lowest BCUT2D eigenvalue weighted by molar-refractivity contribution is 0.0561. The summed E-state index contributed by atoms with van der Waals surface area (Å²) in [6.07, 6.45) is 4.26. The largest absolute Gasteiger partial charge is 0.387 e. The molecule has 0 bridgehead atoms. The summed E-state index contributed by atoms with van der Waals surface area (Å²) in [6, 6.07) is 10.4. The van der Waals surface area contributed by atoms with E-state index in [-0.39, 0.29) is 0 Å². The highest BCUT2D eigenvalue weighted by atomic mass is 16.3. The summed E-state index contributed by atoms with van der Waals surface area (Å²) >= 11 is 0. The molecule has 1 aromatic carbocycles. The van der Waals surface area contributed by atoms with Crippen LogP contribution in [0.5, 0.6) is 0 Å². The number of aryl methyl sites for hydroxylation is 1. The van der Waals surface area contributed by atoms with Crippen LogP contribution in [-0.2, 0) is 6.54 Å². The van der Waals surface area contributed by atoms with Crippen molar-refractivity contribution in [3.05, 3.63) is 54.0 Å². The van der Waals surface area contributed by atoms with E-state index in [0.29, 0.717) is 13.1 Å². The van der Waals surface area contributed by atoms with Crippen LogP contribution in [0.3, 0.4) is 0 Å². The molecule has 1 unspecified atom stereocenters. The van der Waals surface area contributed by atoms with Crippen molar-refractivity contribution in [2.24, 2.45) is 0 Å². The number of aromatic nitrogens is 2. The van der Waals surface area contributed by atoms with Gasteiger partial charge in [-0.3, -0.25) is 9.88 Å². The molecular weight excluding hydrogens is 288 g/mol. The molecule has 0 amide bonds. The molecule has 1 N–H and O–H groups in total. The van der Waals surface area contributed by atoms with E-state index in [1.807, 2.05) is 24.9 Å². The summed E-state index contributed by atoms with van der Waals surface area (Å²) in [4.78, 5) is 13.0. The lowest BCUT2D eigenvalue weighted by Gasteiger charge is -2.29. The number of benzene rings is 1. The van der Waals surface area contributed by atoms with Crippen molar-refractivity contribution in [1.82, 2.24) is 14.9 Å². The van der Waals surface area contributed by atoms with Crippen LogP contribution in [0.15, 0.2) is 42.7 Å². The quantitative estimate of drug-likeness (QED) is 0.913. The van der Waals surface area contributed by atoms with Crippen LogP contribution >= 0.6 is 0 Å². The number of hydrogen-bond donors (Lipinski definition) is 1. The van der Waals surface area contributed by atoms with E-state index in [1.54, 1.807) is 12.4 Å². The molecule has 2 aromatic rings. The summed E-state index contributed by atoms with van der Waals surface area (Å²) in [5, 5.41) is 10.9. The fourth-order valence-electron chi connectivity index (χ4n) is 3.20. The Hall–Kier alpha value is -1.98. The van der Waals surface area contributed by atoms with Gasteiger partial charge in [0, 0.05) is 39.4 Å². The van der Waals surface area contributed by atoms with Crippen LogP contribution in [-0.4, -0.2) is 52.3 Å². The van der Waals surface area contributed by atoms with Crippen LogP contribution in [0.4, 0.5) is 5.82 Å². The predicted octanol–water partition coefficient (Wildman–Crippen LogP) is 1.86. The van der Waals surface area contributed by atoms with Crippen molar-refractivity contribution < 1.29 is 5.11 Å². The highest BCUT2D eigenvalue weighted by molar-refractivity contribution is 5.35. The van der Waals surface area contributed by atoms with Gasteiger partial charge in [0.1, 0.15) is 5.82 Å². The second kappa shape index (κ2) is 6.64. The van der Waals surface area contributed by atoms with E-state index >= 15 is 0 Å². The van der Waals surface area contributed by atoms with Crippen LogP contribution in [0, 0.1) is 6.92 Å². The third-order valence-electron chi connectivity index (χ3n) is 4.33. The fourth-order valence-corrected chi connectivity index (χ4v) is 3.20. The Kier molecular flexibility index (Phi) is 4.59. The standard InChI is InChI=1S/C18H24N4O/c1-15-10-19-11-17(20-15)21(2)13-18(23)8-9-22(14-18)12-16-6-4-3-5-7-16/h3-7,10-11,23H,8-9,12-14H2,1-2H3. The first-order valence-electron chi connectivity index (χ1n) is 8.03. The Morgan fingerprint density at radius 2 is 2.04 bits per heavy atom. The van der Waals surface area contributed by atoms with Crippen molar-refractivity contribution in [2.75, 3.05) is 31.6 Å². The minimum Gasteiger partial charge on any atom is -0.387 e. The van der Waals surface area contributed by atoms with Gasteiger partial charge in [-0.2, -0.15) is 0 Å². The van der Waals surface area contributed by atoms with E-state index in [9.17, 15) is 5.11 Å². The third-order valence-corrected chi connectivity index (χ3v) is 4.33. The van der Waals surface area contributed by atoms with Crippen molar-refractivity contribution >= 4 is 5.82 Å². The summed E-state index contributed by atoms with van der Waals surface area (Å²) in [7, 11) is 1.96. The molecule has 0 radical (unpaired) electrons. The predicted molar refractivity (Wildman–Crippen MR) is 91.3 cm³/mol. The molecule has 0 saturated carbocycles. The summed E-state index contributed by atoms with van der Waals surface area (Å²) in [5.41, 5.74) is 1.47. The van der Waals surface area contributed by atoms with E-state index < -0.39 is 5.60 Å². The fraction of sp³-hybridized carbons (Fsp3) is 0.444. The van der Waals surface area contributed by atoms with E-state index in [2.05, 4.69) is 39.1 Å². The zero-order valence-corrected chi connectivity index (χ0v) is 13.8. The zero-order valence-electron chi connectivity index (χ0n) is 13.8. The number of β-amino-alcohol motifs (C(OH)–C–C–N with tert-alkyl or cyclic N) is 1. The molecule has 23 heavy (non-hydrogen) atoms. The van der Waals surface area contributed by atoms with E-state index in [1.165, 1.54) is 5.56 Å². The first-order valence-corrected chi connectivity index (χ1v) is 8.03. The summed E-state index contributed by atoms with van der Waals surface area (Å²) in [6.45, 7) is 4.98. The topological polar surface area (TPSA) is 52.5 Å². The highest BCUT2D eigenvalue weighted by Crippen LogP contribution is 2.25. The van der Waals surface area contributed by atoms with Gasteiger partial charge >= 0.3 is 0 Å². The molecule has 1 fully saturated rings. The molecule has 1 aliphatic heterocycles. The molecule has 0 spiro atoms. The number of hydrogen-bond acceptors (Lipinski definition) is 5. The minimum atomic E-state index is -0.699. The Morgan fingerprint density at radius 3 is 2.78 bits per heavy atom. The molecular formula is C18H24N4O. The van der Waals surface area contributed by atoms with Gasteiger partial charge in [0.2, 0.25) is 0 Å². The van der Waals surface area contributed by atoms with Crippen LogP contribution < -0.4 is 4.90 Å². The molecule has 1 saturated heterocycles. The maximum atomic E-state index is 10.9. The molecule has 1 atom stereocenters. The van der Waals surface area contributed by atoms with Crippen LogP contribution in [0.25, 0.3) is 0 Å². The second-order valence-corrected chi connectivity index (χ2v) is 6.55. The summed E-state index contributed by atoms with van der Waals surface area (Å²) < 4.78 is 0. The normalized spacial score (nSPS) is 21.5. The lowest BCUT2D eigenvalue weighted by Crippen LogP contribution is -2.44. The van der Waals surface area contributed by atoms with E-state index in [4.69, 9.17) is 0 Å². The average molecular weight is 312 g/mol. The van der Waals surface area contributed by atoms with E-state index in [0.717, 1.165) is 31.0 Å². The average Bonchev–Trinajstić information content (AvgIpc) is 2.89. The van der Waals surface area contributed by atoms with Crippen LogP contribution in [0.1, 0.15) is 17.7 Å². The Bertz CT molecular complexity index is 648. The van der Waals surface area contributed by atoms with Crippen molar-refractivity contribution in [3.63, 3.8) is 0 Å². The van der Waals surface area contributed by atoms with Gasteiger partial charge in [0.05, 0.1) is 17.5 Å². The van der Waals surface area contributed by atoms with Gasteiger partial charge in [0.25, 0.3) is 0 Å². The smallest absolute Gasteiger partial charge is 0.147 e. The minimum absolute atomic E-state index is 0.566. The Labute approximate surface area is 137 Å². The zero-order chi connectivity index (χ0) is 16.3. The Morgan fingerprint density at radius 1 is 1.26 bits per heavy atom. The summed E-state index contributed by atoms with van der Waals surface area (Å²) in [5.74, 6) is 0.805. The van der Waals surface area contributed by atoms with Crippen molar-refractivity contribution in [3.8, 4) is 0 Å². The van der Waals surface area contributed by atoms with Gasteiger partial charge in [-0.15, -0.1) is 0 Å². The molecule has 1 aliphatic rings. The van der Waals surface area contributed by atoms with Gasteiger partial charge in [-0.25, -0.2) is 4.98 Å². The molecule has 3 rings (SSSR count). The molecule has 5 nitrogen and oxygen atoms in total. The monoisotopic (exact) mass is 312 g/mol. The molecule has 5 heteroatoms. The number of nitrogens with zero attached hydrogens (tertiary/aromatic N) is 4. The SMILES string of the molecule is Cc1cncc(N(C)CC2(O)CCN(Cc3ccccc3)C2)n1. The van der Waals surface area contributed by atoms with Crippen molar-refractivity contribution in [2.45, 2.75) is 25.5 Å². The number of likely N-dealkylation sites (N-methyl/N-ethyl adjacent to an activating group) is 1. The second-order valence-electron chi connectivity index (χ2n) is 6.55. The van der Waals surface area contributed by atoms with Gasteiger partial charge in [-0.05, 0) is 18.9 Å². The maximum Gasteiger partial charge on any atom is 0.147 e. The molecule has 0 aliphatic carbocycles. The van der Waals surface area contributed by atoms with Gasteiger partial charge < -0.3 is 10.0 Å². The molecule has 2 heterocycles. The number of likely N-dealkylation sites (tertiary alicyclic amines) is 1. The lowest BCUT2D eigenvalue weighted by atomic mass is 10.0. The highest BCUT2D eigenvalue weighted by Gasteiger charge is 2.37. The number of aliphatic hydroxyl groups is 1. The Balaban J connectivity index is 1.60. The first-order chi connectivity index (χ1) is 11.0.